The highest BCUT2D eigenvalue weighted by Gasteiger charge is 2.13. The zero-order valence-electron chi connectivity index (χ0n) is 5.39. The van der Waals surface area contributed by atoms with Crippen LogP contribution < -0.4 is 0 Å². The van der Waals surface area contributed by atoms with Crippen molar-refractivity contribution in [3.63, 3.8) is 0 Å². The number of rotatable bonds is 0. The van der Waals surface area contributed by atoms with Crippen LogP contribution in [0.5, 0.6) is 0 Å². The Morgan fingerprint density at radius 3 is 2.12 bits per heavy atom. The van der Waals surface area contributed by atoms with E-state index in [9.17, 15) is 0 Å². The second-order valence-corrected chi connectivity index (χ2v) is 2.34. The maximum Gasteiger partial charge on any atom is 0.154 e. The maximum absolute atomic E-state index is 5.17. The van der Waals surface area contributed by atoms with E-state index < -0.39 is 0 Å². The molecular formula is C6H14O2. The minimum Gasteiger partial charge on any atom is -0.353 e. The topological polar surface area (TPSA) is 18.5 Å². The second-order valence-electron chi connectivity index (χ2n) is 2.34. The Balaban J connectivity index is 0.000000640. The van der Waals surface area contributed by atoms with E-state index in [1.54, 1.807) is 0 Å². The van der Waals surface area contributed by atoms with Crippen LogP contribution in [0, 0.1) is 5.92 Å². The van der Waals surface area contributed by atoms with E-state index in [2.05, 4.69) is 6.92 Å². The summed E-state index contributed by atoms with van der Waals surface area (Å²) < 4.78 is 10.3. The van der Waals surface area contributed by atoms with E-state index >= 15 is 0 Å². The van der Waals surface area contributed by atoms with E-state index in [4.69, 9.17) is 9.47 Å². The number of ether oxygens (including phenoxy) is 2. The zero-order chi connectivity index (χ0) is 5.98. The first kappa shape index (κ1) is 6.05. The van der Waals surface area contributed by atoms with E-state index in [1.807, 2.05) is 6.92 Å². The van der Waals surface area contributed by atoms with Crippen molar-refractivity contribution in [2.75, 3.05) is 13.2 Å². The summed E-state index contributed by atoms with van der Waals surface area (Å²) in [4.78, 5) is 0. The predicted molar refractivity (Wildman–Crippen MR) is 32.6 cm³/mol. The van der Waals surface area contributed by atoms with Gasteiger partial charge in [0.15, 0.2) is 6.29 Å². The van der Waals surface area contributed by atoms with Crippen molar-refractivity contribution >= 4 is 0 Å². The molecule has 1 fully saturated rings. The standard InChI is InChI=1S/C6H12O2.H2/c1-5-3-7-6(2)8-4-5;/h5-6H,3-4H2,1-2H3;1H/i;1+1. The van der Waals surface area contributed by atoms with E-state index in [0.717, 1.165) is 13.2 Å². The fourth-order valence-corrected chi connectivity index (χ4v) is 0.696. The van der Waals surface area contributed by atoms with E-state index in [0.29, 0.717) is 5.92 Å². The van der Waals surface area contributed by atoms with Gasteiger partial charge in [0.2, 0.25) is 0 Å². The Morgan fingerprint density at radius 2 is 1.75 bits per heavy atom. The molecule has 0 bridgehead atoms. The van der Waals surface area contributed by atoms with Gasteiger partial charge in [0.1, 0.15) is 0 Å². The normalized spacial score (nSPS) is 39.8. The summed E-state index contributed by atoms with van der Waals surface area (Å²) in [7, 11) is 0. The molecule has 0 aromatic carbocycles. The Bertz CT molecular complexity index is 59.5. The lowest BCUT2D eigenvalue weighted by molar-refractivity contribution is -0.187. The Morgan fingerprint density at radius 1 is 1.25 bits per heavy atom. The number of hydrogen-bond donors (Lipinski definition) is 0. The van der Waals surface area contributed by atoms with Crippen LogP contribution in [0.25, 0.3) is 0 Å². The largest absolute Gasteiger partial charge is 0.353 e. The van der Waals surface area contributed by atoms with Gasteiger partial charge in [-0.2, -0.15) is 0 Å². The number of hydrogen-bond acceptors (Lipinski definition) is 2. The van der Waals surface area contributed by atoms with Gasteiger partial charge in [0.05, 0.1) is 13.2 Å². The van der Waals surface area contributed by atoms with Gasteiger partial charge >= 0.3 is 0 Å². The predicted octanol–water partition coefficient (Wildman–Crippen LogP) is 1.26. The quantitative estimate of drug-likeness (QED) is 0.478. The summed E-state index contributed by atoms with van der Waals surface area (Å²) in [6.07, 6.45) is 0.0196. The van der Waals surface area contributed by atoms with Crippen LogP contribution in [0.15, 0.2) is 0 Å². The van der Waals surface area contributed by atoms with Crippen LogP contribution in [0.1, 0.15) is 15.3 Å². The first-order valence-electron chi connectivity index (χ1n) is 3.02. The molecule has 0 radical (unpaired) electrons. The molecule has 0 unspecified atom stereocenters. The molecule has 0 aromatic rings. The third-order valence-corrected chi connectivity index (χ3v) is 1.23. The smallest absolute Gasteiger partial charge is 0.154 e. The van der Waals surface area contributed by atoms with Crippen molar-refractivity contribution in [1.82, 2.24) is 0 Å². The average Bonchev–Trinajstić information content (AvgIpc) is 1.77. The van der Waals surface area contributed by atoms with Gasteiger partial charge in [-0.15, -0.1) is 0 Å². The van der Waals surface area contributed by atoms with Crippen LogP contribution in [0.4, 0.5) is 0 Å². The molecule has 1 saturated heterocycles. The van der Waals surface area contributed by atoms with Crippen LogP contribution in [0.2, 0.25) is 0 Å². The Hall–Kier alpha value is -0.0800. The Labute approximate surface area is 51.3 Å². The fraction of sp³-hybridized carbons (Fsp3) is 1.00. The molecule has 1 aliphatic rings. The highest BCUT2D eigenvalue weighted by molar-refractivity contribution is 4.53. The van der Waals surface area contributed by atoms with Gasteiger partial charge in [0, 0.05) is 7.34 Å². The van der Waals surface area contributed by atoms with Crippen LogP contribution in [-0.2, 0) is 9.47 Å². The fourth-order valence-electron chi connectivity index (χ4n) is 0.696. The molecule has 1 heterocycles. The first-order valence-corrected chi connectivity index (χ1v) is 3.02. The zero-order valence-corrected chi connectivity index (χ0v) is 5.39. The highest BCUT2D eigenvalue weighted by Crippen LogP contribution is 2.08. The molecule has 0 saturated carbocycles. The Kier molecular flexibility index (Phi) is 1.86. The average molecular weight is 119 g/mol. The van der Waals surface area contributed by atoms with Gasteiger partial charge in [-0.1, -0.05) is 6.92 Å². The summed E-state index contributed by atoms with van der Waals surface area (Å²) in [5.74, 6) is 0.575. The van der Waals surface area contributed by atoms with Crippen molar-refractivity contribution in [2.24, 2.45) is 5.92 Å². The van der Waals surface area contributed by atoms with Crippen LogP contribution in [-0.4, -0.2) is 19.5 Å². The van der Waals surface area contributed by atoms with Crippen LogP contribution >= 0.6 is 0 Å². The van der Waals surface area contributed by atoms with Gasteiger partial charge in [-0.05, 0) is 6.92 Å². The molecular weight excluding hydrogens is 104 g/mol. The third kappa shape index (κ3) is 1.46. The molecule has 0 aliphatic carbocycles. The minimum atomic E-state index is 0. The van der Waals surface area contributed by atoms with Crippen molar-refractivity contribution in [3.8, 4) is 0 Å². The lowest BCUT2D eigenvalue weighted by Gasteiger charge is -2.24. The van der Waals surface area contributed by atoms with Crippen molar-refractivity contribution in [3.05, 3.63) is 0 Å². The second kappa shape index (κ2) is 2.46. The van der Waals surface area contributed by atoms with Crippen molar-refractivity contribution < 1.29 is 10.9 Å². The van der Waals surface area contributed by atoms with Gasteiger partial charge in [-0.3, -0.25) is 0 Å². The molecule has 2 nitrogen and oxygen atoms in total. The lowest BCUT2D eigenvalue weighted by atomic mass is 10.2. The summed E-state index contributed by atoms with van der Waals surface area (Å²) in [6.45, 7) is 5.74. The highest BCUT2D eigenvalue weighted by atomic mass is 16.7. The van der Waals surface area contributed by atoms with E-state index in [1.165, 1.54) is 0 Å². The molecule has 50 valence electrons. The minimum absolute atomic E-state index is 0. The third-order valence-electron chi connectivity index (χ3n) is 1.23. The molecule has 8 heavy (non-hydrogen) atoms. The lowest BCUT2D eigenvalue weighted by Crippen LogP contribution is -2.27. The SMILES string of the molecule is CC1COC(C)OC1.[2HH]. The molecule has 2 heteroatoms. The van der Waals surface area contributed by atoms with Crippen LogP contribution in [0.3, 0.4) is 0 Å². The summed E-state index contributed by atoms with van der Waals surface area (Å²) >= 11 is 0. The maximum atomic E-state index is 5.17. The van der Waals surface area contributed by atoms with Crippen molar-refractivity contribution in [1.29, 1.82) is 0 Å². The summed E-state index contributed by atoms with van der Waals surface area (Å²) in [6, 6.07) is 0. The first-order chi connectivity index (χ1) is 3.79. The molecule has 1 aliphatic heterocycles. The molecule has 0 aromatic heterocycles. The molecule has 0 atom stereocenters. The summed E-state index contributed by atoms with van der Waals surface area (Å²) in [5.41, 5.74) is 0. The van der Waals surface area contributed by atoms with Gasteiger partial charge < -0.3 is 9.47 Å². The monoisotopic (exact) mass is 119 g/mol. The molecule has 0 N–H and O–H groups in total. The molecule has 0 spiro atoms. The van der Waals surface area contributed by atoms with Gasteiger partial charge in [0.25, 0.3) is 0 Å². The molecule has 0 amide bonds. The molecule has 1 rings (SSSR count). The summed E-state index contributed by atoms with van der Waals surface area (Å²) in [5, 5.41) is 0. The van der Waals surface area contributed by atoms with Crippen molar-refractivity contribution in [2.45, 2.75) is 20.1 Å². The van der Waals surface area contributed by atoms with Gasteiger partial charge in [-0.25, -0.2) is 0 Å². The van der Waals surface area contributed by atoms with E-state index in [-0.39, 0.29) is 7.72 Å².